The van der Waals surface area contributed by atoms with Crippen molar-refractivity contribution in [2.24, 2.45) is 5.92 Å². The van der Waals surface area contributed by atoms with Crippen LogP contribution in [0.2, 0.25) is 0 Å². The third-order valence-corrected chi connectivity index (χ3v) is 3.16. The van der Waals surface area contributed by atoms with Gasteiger partial charge in [-0.15, -0.1) is 0 Å². The lowest BCUT2D eigenvalue weighted by Gasteiger charge is -2.14. The molecule has 1 heterocycles. The molecular weight excluding hydrogens is 276 g/mol. The highest BCUT2D eigenvalue weighted by atomic mass is 16.5. The first kappa shape index (κ1) is 16.1. The maximum Gasteiger partial charge on any atom is 0.242 e. The van der Waals surface area contributed by atoms with E-state index < -0.39 is 0 Å². The summed E-state index contributed by atoms with van der Waals surface area (Å²) in [5.41, 5.74) is 8.98. The molecule has 0 spiro atoms. The SMILES string of the molecule is Cc1ccc(CNc2nc(C)nc(OCC(C)C)c2N)cc1. The Morgan fingerprint density at radius 3 is 2.45 bits per heavy atom. The smallest absolute Gasteiger partial charge is 0.242 e. The monoisotopic (exact) mass is 300 g/mol. The van der Waals surface area contributed by atoms with Crippen molar-refractivity contribution >= 4 is 11.5 Å². The lowest BCUT2D eigenvalue weighted by atomic mass is 10.1. The number of nitrogen functional groups attached to an aromatic ring is 1. The van der Waals surface area contributed by atoms with E-state index in [0.29, 0.717) is 42.3 Å². The summed E-state index contributed by atoms with van der Waals surface area (Å²) in [6.45, 7) is 9.31. The molecule has 0 atom stereocenters. The third kappa shape index (κ3) is 4.35. The molecule has 5 nitrogen and oxygen atoms in total. The van der Waals surface area contributed by atoms with Crippen LogP contribution in [0.3, 0.4) is 0 Å². The predicted molar refractivity (Wildman–Crippen MR) is 90.0 cm³/mol. The van der Waals surface area contributed by atoms with Crippen molar-refractivity contribution in [2.75, 3.05) is 17.7 Å². The maximum absolute atomic E-state index is 6.11. The Bertz CT molecular complexity index is 623. The van der Waals surface area contributed by atoms with Gasteiger partial charge in [0.25, 0.3) is 0 Å². The number of nitrogens with one attached hydrogen (secondary N) is 1. The number of benzene rings is 1. The first-order chi connectivity index (χ1) is 10.5. The van der Waals surface area contributed by atoms with Crippen molar-refractivity contribution in [1.82, 2.24) is 9.97 Å². The van der Waals surface area contributed by atoms with Crippen LogP contribution in [-0.4, -0.2) is 16.6 Å². The largest absolute Gasteiger partial charge is 0.476 e. The van der Waals surface area contributed by atoms with E-state index in [1.54, 1.807) is 0 Å². The number of aromatic nitrogens is 2. The van der Waals surface area contributed by atoms with Crippen LogP contribution >= 0.6 is 0 Å². The molecule has 5 heteroatoms. The summed E-state index contributed by atoms with van der Waals surface area (Å²) in [5, 5.41) is 3.26. The molecule has 1 aromatic heterocycles. The van der Waals surface area contributed by atoms with Crippen LogP contribution < -0.4 is 15.8 Å². The number of hydrogen-bond donors (Lipinski definition) is 2. The Kier molecular flexibility index (Phi) is 5.20. The van der Waals surface area contributed by atoms with E-state index in [0.717, 1.165) is 0 Å². The van der Waals surface area contributed by atoms with Crippen LogP contribution in [-0.2, 0) is 6.54 Å². The van der Waals surface area contributed by atoms with E-state index in [2.05, 4.69) is 60.3 Å². The molecule has 0 bridgehead atoms. The first-order valence-corrected chi connectivity index (χ1v) is 7.52. The molecule has 0 amide bonds. The predicted octanol–water partition coefficient (Wildman–Crippen LogP) is 3.32. The molecule has 3 N–H and O–H groups in total. The fourth-order valence-corrected chi connectivity index (χ4v) is 1.94. The summed E-state index contributed by atoms with van der Waals surface area (Å²) in [5.74, 6) is 2.12. The quantitative estimate of drug-likeness (QED) is 0.856. The van der Waals surface area contributed by atoms with Gasteiger partial charge >= 0.3 is 0 Å². The fourth-order valence-electron chi connectivity index (χ4n) is 1.94. The van der Waals surface area contributed by atoms with Gasteiger partial charge in [-0.2, -0.15) is 4.98 Å². The zero-order valence-electron chi connectivity index (χ0n) is 13.7. The van der Waals surface area contributed by atoms with Gasteiger partial charge in [0, 0.05) is 6.54 Å². The van der Waals surface area contributed by atoms with Gasteiger partial charge in [0.1, 0.15) is 11.5 Å². The van der Waals surface area contributed by atoms with Crippen molar-refractivity contribution < 1.29 is 4.74 Å². The van der Waals surface area contributed by atoms with E-state index in [1.807, 2.05) is 6.92 Å². The van der Waals surface area contributed by atoms with Gasteiger partial charge in [-0.1, -0.05) is 43.7 Å². The van der Waals surface area contributed by atoms with E-state index in [-0.39, 0.29) is 0 Å². The molecule has 0 aliphatic carbocycles. The van der Waals surface area contributed by atoms with Crippen LogP contribution in [0.15, 0.2) is 24.3 Å². The Balaban J connectivity index is 2.11. The molecule has 0 aliphatic rings. The molecule has 0 unspecified atom stereocenters. The molecule has 118 valence electrons. The zero-order valence-corrected chi connectivity index (χ0v) is 13.7. The normalized spacial score (nSPS) is 10.8. The van der Waals surface area contributed by atoms with Gasteiger partial charge in [-0.05, 0) is 25.3 Å². The van der Waals surface area contributed by atoms with Gasteiger partial charge in [0.05, 0.1) is 6.61 Å². The van der Waals surface area contributed by atoms with E-state index in [9.17, 15) is 0 Å². The van der Waals surface area contributed by atoms with Gasteiger partial charge in [-0.3, -0.25) is 0 Å². The van der Waals surface area contributed by atoms with Gasteiger partial charge in [-0.25, -0.2) is 4.98 Å². The Morgan fingerprint density at radius 2 is 1.82 bits per heavy atom. The summed E-state index contributed by atoms with van der Waals surface area (Å²) in [6, 6.07) is 8.34. The average molecular weight is 300 g/mol. The minimum absolute atomic E-state index is 0.415. The average Bonchev–Trinajstić information content (AvgIpc) is 2.47. The number of anilines is 2. The standard InChI is InChI=1S/C17H24N4O/c1-11(2)10-22-17-15(18)16(20-13(4)21-17)19-9-14-7-5-12(3)6-8-14/h5-8,11H,9-10,18H2,1-4H3,(H,19,20,21). The van der Waals surface area contributed by atoms with Crippen LogP contribution in [0.1, 0.15) is 30.8 Å². The number of nitrogens with zero attached hydrogens (tertiary/aromatic N) is 2. The molecule has 0 saturated carbocycles. The number of nitrogens with two attached hydrogens (primary N) is 1. The molecule has 1 aromatic carbocycles. The summed E-state index contributed by atoms with van der Waals surface area (Å²) in [4.78, 5) is 8.64. The maximum atomic E-state index is 6.11. The van der Waals surface area contributed by atoms with Crippen LogP contribution in [0, 0.1) is 19.8 Å². The fraction of sp³-hybridized carbons (Fsp3) is 0.412. The summed E-state index contributed by atoms with van der Waals surface area (Å²) < 4.78 is 5.67. The highest BCUT2D eigenvalue weighted by Gasteiger charge is 2.12. The lowest BCUT2D eigenvalue weighted by Crippen LogP contribution is -2.12. The first-order valence-electron chi connectivity index (χ1n) is 7.52. The Morgan fingerprint density at radius 1 is 1.14 bits per heavy atom. The number of rotatable bonds is 6. The van der Waals surface area contributed by atoms with E-state index in [1.165, 1.54) is 11.1 Å². The van der Waals surface area contributed by atoms with Gasteiger partial charge in [0.2, 0.25) is 5.88 Å². The topological polar surface area (TPSA) is 73.1 Å². The summed E-state index contributed by atoms with van der Waals surface area (Å²) in [7, 11) is 0. The Labute approximate surface area is 131 Å². The summed E-state index contributed by atoms with van der Waals surface area (Å²) in [6.07, 6.45) is 0. The van der Waals surface area contributed by atoms with Crippen LogP contribution in [0.25, 0.3) is 0 Å². The van der Waals surface area contributed by atoms with Crippen molar-refractivity contribution in [3.63, 3.8) is 0 Å². The minimum atomic E-state index is 0.415. The lowest BCUT2D eigenvalue weighted by molar-refractivity contribution is 0.262. The Hall–Kier alpha value is -2.30. The molecule has 2 aromatic rings. The number of ether oxygens (including phenoxy) is 1. The number of aryl methyl sites for hydroxylation is 2. The molecular formula is C17H24N4O. The van der Waals surface area contributed by atoms with E-state index in [4.69, 9.17) is 10.5 Å². The van der Waals surface area contributed by atoms with Gasteiger partial charge in [0.15, 0.2) is 5.82 Å². The molecule has 22 heavy (non-hydrogen) atoms. The minimum Gasteiger partial charge on any atom is -0.476 e. The van der Waals surface area contributed by atoms with E-state index >= 15 is 0 Å². The second-order valence-corrected chi connectivity index (χ2v) is 5.88. The highest BCUT2D eigenvalue weighted by Crippen LogP contribution is 2.26. The highest BCUT2D eigenvalue weighted by molar-refractivity contribution is 5.67. The molecule has 0 saturated heterocycles. The van der Waals surface area contributed by atoms with Crippen molar-refractivity contribution in [2.45, 2.75) is 34.2 Å². The summed E-state index contributed by atoms with van der Waals surface area (Å²) >= 11 is 0. The second kappa shape index (κ2) is 7.11. The third-order valence-electron chi connectivity index (χ3n) is 3.16. The van der Waals surface area contributed by atoms with Crippen molar-refractivity contribution in [3.05, 3.63) is 41.2 Å². The number of hydrogen-bond acceptors (Lipinski definition) is 5. The van der Waals surface area contributed by atoms with Crippen molar-refractivity contribution in [1.29, 1.82) is 0 Å². The molecule has 0 fully saturated rings. The second-order valence-electron chi connectivity index (χ2n) is 5.88. The molecule has 2 rings (SSSR count). The van der Waals surface area contributed by atoms with Crippen LogP contribution in [0.4, 0.5) is 11.5 Å². The van der Waals surface area contributed by atoms with Gasteiger partial charge < -0.3 is 15.8 Å². The van der Waals surface area contributed by atoms with Crippen molar-refractivity contribution in [3.8, 4) is 5.88 Å². The molecule has 0 radical (unpaired) electrons. The zero-order chi connectivity index (χ0) is 16.1. The molecule has 0 aliphatic heterocycles. The van der Waals surface area contributed by atoms with Crippen LogP contribution in [0.5, 0.6) is 5.88 Å².